The quantitative estimate of drug-likeness (QED) is 0.755. The molecule has 0 saturated carbocycles. The number of hydrogen-bond donors (Lipinski definition) is 2. The van der Waals surface area contributed by atoms with Crippen molar-refractivity contribution < 1.29 is 4.79 Å². The van der Waals surface area contributed by atoms with Gasteiger partial charge in [0.15, 0.2) is 0 Å². The second kappa shape index (κ2) is 4.25. The van der Waals surface area contributed by atoms with Crippen LogP contribution >= 0.6 is 11.6 Å². The van der Waals surface area contributed by atoms with Gasteiger partial charge >= 0.3 is 0 Å². The Morgan fingerprint density at radius 2 is 2.15 bits per heavy atom. The van der Waals surface area contributed by atoms with E-state index in [2.05, 4.69) is 0 Å². The molecule has 70 valence electrons. The van der Waals surface area contributed by atoms with Gasteiger partial charge in [0.1, 0.15) is 0 Å². The minimum Gasteiger partial charge on any atom is -0.369 e. The molecule has 0 fully saturated rings. The molecule has 0 aromatic heterocycles. The lowest BCUT2D eigenvalue weighted by Gasteiger charge is -2.07. The lowest BCUT2D eigenvalue weighted by atomic mass is 10.0. The summed E-state index contributed by atoms with van der Waals surface area (Å²) in [5.74, 6) is -0.400. The van der Waals surface area contributed by atoms with E-state index in [9.17, 15) is 4.79 Å². The van der Waals surface area contributed by atoms with Gasteiger partial charge in [-0.05, 0) is 17.2 Å². The first-order valence-corrected chi connectivity index (χ1v) is 4.27. The maximum absolute atomic E-state index is 10.7. The second-order valence-electron chi connectivity index (χ2n) is 2.72. The Bertz CT molecular complexity index is 325. The van der Waals surface area contributed by atoms with Gasteiger partial charge in [0.2, 0.25) is 5.91 Å². The largest absolute Gasteiger partial charge is 0.369 e. The van der Waals surface area contributed by atoms with Crippen molar-refractivity contribution in [3.8, 4) is 0 Å². The molecule has 0 aliphatic heterocycles. The van der Waals surface area contributed by atoms with Crippen LogP contribution in [-0.2, 0) is 17.8 Å². The molecule has 0 spiro atoms. The summed E-state index contributed by atoms with van der Waals surface area (Å²) in [6.45, 7) is 0.364. The van der Waals surface area contributed by atoms with E-state index in [0.29, 0.717) is 11.6 Å². The van der Waals surface area contributed by atoms with Crippen LogP contribution in [0, 0.1) is 0 Å². The van der Waals surface area contributed by atoms with Crippen LogP contribution in [0.1, 0.15) is 11.1 Å². The Kier molecular flexibility index (Phi) is 3.28. The SMILES string of the molecule is NCc1cccc(Cl)c1CC(N)=O. The Labute approximate surface area is 81.7 Å². The van der Waals surface area contributed by atoms with Crippen LogP contribution in [0.2, 0.25) is 5.02 Å². The van der Waals surface area contributed by atoms with Gasteiger partial charge in [-0.15, -0.1) is 0 Å². The van der Waals surface area contributed by atoms with Gasteiger partial charge in [0.25, 0.3) is 0 Å². The molecular formula is C9H11ClN2O. The maximum Gasteiger partial charge on any atom is 0.221 e. The number of carbonyl (C=O) groups excluding carboxylic acids is 1. The average molecular weight is 199 g/mol. The van der Waals surface area contributed by atoms with Crippen molar-refractivity contribution in [3.63, 3.8) is 0 Å². The molecule has 1 aromatic rings. The van der Waals surface area contributed by atoms with Crippen LogP contribution in [0.15, 0.2) is 18.2 Å². The van der Waals surface area contributed by atoms with E-state index in [1.165, 1.54) is 0 Å². The fourth-order valence-electron chi connectivity index (χ4n) is 1.17. The first-order chi connectivity index (χ1) is 6.15. The number of carbonyl (C=O) groups is 1. The van der Waals surface area contributed by atoms with Gasteiger partial charge in [-0.3, -0.25) is 4.79 Å². The molecule has 0 atom stereocenters. The van der Waals surface area contributed by atoms with Crippen molar-refractivity contribution in [1.82, 2.24) is 0 Å². The van der Waals surface area contributed by atoms with Crippen LogP contribution in [0.4, 0.5) is 0 Å². The zero-order chi connectivity index (χ0) is 9.84. The van der Waals surface area contributed by atoms with Crippen LogP contribution < -0.4 is 11.5 Å². The molecule has 4 heteroatoms. The second-order valence-corrected chi connectivity index (χ2v) is 3.13. The Morgan fingerprint density at radius 1 is 1.46 bits per heavy atom. The molecule has 0 unspecified atom stereocenters. The third-order valence-corrected chi connectivity index (χ3v) is 2.14. The highest BCUT2D eigenvalue weighted by molar-refractivity contribution is 6.31. The highest BCUT2D eigenvalue weighted by Crippen LogP contribution is 2.20. The number of amides is 1. The molecule has 0 saturated heterocycles. The van der Waals surface area contributed by atoms with E-state index in [1.54, 1.807) is 12.1 Å². The summed E-state index contributed by atoms with van der Waals surface area (Å²) in [5, 5.41) is 0.543. The molecule has 0 bridgehead atoms. The highest BCUT2D eigenvalue weighted by Gasteiger charge is 2.07. The molecule has 0 radical (unpaired) electrons. The Hall–Kier alpha value is -1.06. The lowest BCUT2D eigenvalue weighted by Crippen LogP contribution is -2.16. The fraction of sp³-hybridized carbons (Fsp3) is 0.222. The number of benzene rings is 1. The monoisotopic (exact) mass is 198 g/mol. The fourth-order valence-corrected chi connectivity index (χ4v) is 1.43. The molecule has 1 amide bonds. The van der Waals surface area contributed by atoms with Crippen molar-refractivity contribution >= 4 is 17.5 Å². The third-order valence-electron chi connectivity index (χ3n) is 1.79. The van der Waals surface area contributed by atoms with Crippen LogP contribution in [-0.4, -0.2) is 5.91 Å². The van der Waals surface area contributed by atoms with Gasteiger partial charge in [-0.2, -0.15) is 0 Å². The van der Waals surface area contributed by atoms with Crippen molar-refractivity contribution in [2.24, 2.45) is 11.5 Å². The van der Waals surface area contributed by atoms with Crippen LogP contribution in [0.3, 0.4) is 0 Å². The molecule has 3 nitrogen and oxygen atoms in total. The predicted molar refractivity (Wildman–Crippen MR) is 52.2 cm³/mol. The Morgan fingerprint density at radius 3 is 2.69 bits per heavy atom. The molecule has 13 heavy (non-hydrogen) atoms. The summed E-state index contributed by atoms with van der Waals surface area (Å²) in [7, 11) is 0. The van der Waals surface area contributed by atoms with E-state index in [-0.39, 0.29) is 6.42 Å². The van der Waals surface area contributed by atoms with E-state index in [0.717, 1.165) is 11.1 Å². The molecule has 0 heterocycles. The summed E-state index contributed by atoms with van der Waals surface area (Å²) in [5.41, 5.74) is 12.2. The van der Waals surface area contributed by atoms with E-state index in [4.69, 9.17) is 23.1 Å². The Balaban J connectivity index is 3.07. The molecular weight excluding hydrogens is 188 g/mol. The summed E-state index contributed by atoms with van der Waals surface area (Å²) in [6, 6.07) is 5.36. The number of halogens is 1. The van der Waals surface area contributed by atoms with E-state index < -0.39 is 5.91 Å². The summed E-state index contributed by atoms with van der Waals surface area (Å²) in [4.78, 5) is 10.7. The van der Waals surface area contributed by atoms with Gasteiger partial charge in [-0.1, -0.05) is 23.7 Å². The summed E-state index contributed by atoms with van der Waals surface area (Å²) < 4.78 is 0. The zero-order valence-electron chi connectivity index (χ0n) is 7.09. The van der Waals surface area contributed by atoms with Crippen LogP contribution in [0.5, 0.6) is 0 Å². The van der Waals surface area contributed by atoms with Crippen molar-refractivity contribution in [2.75, 3.05) is 0 Å². The average Bonchev–Trinajstić information content (AvgIpc) is 2.08. The van der Waals surface area contributed by atoms with Gasteiger partial charge in [-0.25, -0.2) is 0 Å². The number of nitrogens with two attached hydrogens (primary N) is 2. The number of primary amides is 1. The molecule has 1 rings (SSSR count). The standard InChI is InChI=1S/C9H11ClN2O/c10-8-3-1-2-6(5-11)7(8)4-9(12)13/h1-3H,4-5,11H2,(H2,12,13). The normalized spacial score (nSPS) is 10.0. The van der Waals surface area contributed by atoms with Gasteiger partial charge in [0.05, 0.1) is 6.42 Å². The molecule has 1 aromatic carbocycles. The van der Waals surface area contributed by atoms with E-state index in [1.807, 2.05) is 6.07 Å². The topological polar surface area (TPSA) is 69.1 Å². The minimum atomic E-state index is -0.400. The summed E-state index contributed by atoms with van der Waals surface area (Å²) in [6.07, 6.45) is 0.145. The smallest absolute Gasteiger partial charge is 0.221 e. The lowest BCUT2D eigenvalue weighted by molar-refractivity contribution is -0.117. The number of rotatable bonds is 3. The minimum absolute atomic E-state index is 0.145. The molecule has 4 N–H and O–H groups in total. The first-order valence-electron chi connectivity index (χ1n) is 3.89. The number of hydrogen-bond acceptors (Lipinski definition) is 2. The van der Waals surface area contributed by atoms with Crippen molar-refractivity contribution in [2.45, 2.75) is 13.0 Å². The van der Waals surface area contributed by atoms with Crippen molar-refractivity contribution in [1.29, 1.82) is 0 Å². The van der Waals surface area contributed by atoms with Crippen LogP contribution in [0.25, 0.3) is 0 Å². The van der Waals surface area contributed by atoms with Gasteiger partial charge in [0, 0.05) is 11.6 Å². The summed E-state index contributed by atoms with van der Waals surface area (Å²) >= 11 is 5.89. The first kappa shape index (κ1) is 10.0. The highest BCUT2D eigenvalue weighted by atomic mass is 35.5. The van der Waals surface area contributed by atoms with E-state index >= 15 is 0 Å². The van der Waals surface area contributed by atoms with Crippen molar-refractivity contribution in [3.05, 3.63) is 34.3 Å². The maximum atomic E-state index is 10.7. The molecule has 0 aliphatic rings. The predicted octanol–water partition coefficient (Wildman–Crippen LogP) is 0.827. The molecule has 0 aliphatic carbocycles. The van der Waals surface area contributed by atoms with Gasteiger partial charge < -0.3 is 11.5 Å². The zero-order valence-corrected chi connectivity index (χ0v) is 7.84. The third kappa shape index (κ3) is 2.44.